The maximum Gasteiger partial charge on any atom is 0.137 e. The summed E-state index contributed by atoms with van der Waals surface area (Å²) in [4.78, 5) is 19.4. The molecule has 1 aliphatic carbocycles. The summed E-state index contributed by atoms with van der Waals surface area (Å²) in [5.41, 5.74) is 1.12. The zero-order chi connectivity index (χ0) is 13.9. The Balaban J connectivity index is 1.71. The van der Waals surface area contributed by atoms with Crippen molar-refractivity contribution in [1.82, 2.24) is 9.88 Å². The van der Waals surface area contributed by atoms with Gasteiger partial charge in [0.1, 0.15) is 10.8 Å². The maximum atomic E-state index is 12.3. The second kappa shape index (κ2) is 6.35. The SMILES string of the molecule is Cc1csc(CN2CCCCC2C2CCCCC2=O)n1. The summed E-state index contributed by atoms with van der Waals surface area (Å²) in [6.07, 6.45) is 8.00. The van der Waals surface area contributed by atoms with Gasteiger partial charge in [-0.25, -0.2) is 4.98 Å². The van der Waals surface area contributed by atoms with Crippen molar-refractivity contribution < 1.29 is 4.79 Å². The van der Waals surface area contributed by atoms with Crippen molar-refractivity contribution in [3.05, 3.63) is 16.1 Å². The second-order valence-electron chi connectivity index (χ2n) is 6.23. The van der Waals surface area contributed by atoms with Crippen molar-refractivity contribution in [1.29, 1.82) is 0 Å². The molecule has 4 heteroatoms. The van der Waals surface area contributed by atoms with Crippen LogP contribution in [0.2, 0.25) is 0 Å². The van der Waals surface area contributed by atoms with Gasteiger partial charge in [-0.1, -0.05) is 12.8 Å². The van der Waals surface area contributed by atoms with Gasteiger partial charge < -0.3 is 0 Å². The zero-order valence-corrected chi connectivity index (χ0v) is 13.1. The van der Waals surface area contributed by atoms with Crippen LogP contribution in [0.25, 0.3) is 0 Å². The van der Waals surface area contributed by atoms with Gasteiger partial charge in [-0.2, -0.15) is 0 Å². The normalized spacial score (nSPS) is 28.8. The molecule has 0 amide bonds. The number of hydrogen-bond donors (Lipinski definition) is 0. The van der Waals surface area contributed by atoms with Crippen LogP contribution in [-0.4, -0.2) is 28.3 Å². The molecular weight excluding hydrogens is 268 g/mol. The molecule has 1 saturated carbocycles. The Labute approximate surface area is 125 Å². The molecule has 2 fully saturated rings. The first-order chi connectivity index (χ1) is 9.74. The highest BCUT2D eigenvalue weighted by Crippen LogP contribution is 2.32. The van der Waals surface area contributed by atoms with Crippen LogP contribution in [0, 0.1) is 12.8 Å². The van der Waals surface area contributed by atoms with Crippen molar-refractivity contribution >= 4 is 17.1 Å². The Hall–Kier alpha value is -0.740. The van der Waals surface area contributed by atoms with E-state index in [1.807, 2.05) is 0 Å². The van der Waals surface area contributed by atoms with Gasteiger partial charge in [0.05, 0.1) is 6.54 Å². The fourth-order valence-electron chi connectivity index (χ4n) is 3.73. The molecule has 3 nitrogen and oxygen atoms in total. The molecule has 2 atom stereocenters. The average Bonchev–Trinajstić information content (AvgIpc) is 2.86. The molecule has 0 aromatic carbocycles. The lowest BCUT2D eigenvalue weighted by atomic mass is 9.79. The van der Waals surface area contributed by atoms with Gasteiger partial charge in [0.15, 0.2) is 0 Å². The van der Waals surface area contributed by atoms with Crippen LogP contribution in [-0.2, 0) is 11.3 Å². The number of likely N-dealkylation sites (tertiary alicyclic amines) is 1. The van der Waals surface area contributed by atoms with Crippen LogP contribution in [0.4, 0.5) is 0 Å². The third kappa shape index (κ3) is 3.12. The quantitative estimate of drug-likeness (QED) is 0.854. The van der Waals surface area contributed by atoms with Crippen LogP contribution in [0.3, 0.4) is 0 Å². The maximum absolute atomic E-state index is 12.3. The van der Waals surface area contributed by atoms with E-state index in [1.165, 1.54) is 30.7 Å². The first-order valence-corrected chi connectivity index (χ1v) is 8.80. The van der Waals surface area contributed by atoms with Crippen LogP contribution in [0.15, 0.2) is 5.38 Å². The number of rotatable bonds is 3. The average molecular weight is 292 g/mol. The molecule has 0 bridgehead atoms. The second-order valence-corrected chi connectivity index (χ2v) is 7.18. The Morgan fingerprint density at radius 2 is 2.15 bits per heavy atom. The van der Waals surface area contributed by atoms with Crippen LogP contribution >= 0.6 is 11.3 Å². The minimum Gasteiger partial charge on any atom is -0.299 e. The molecule has 1 aromatic rings. The molecule has 20 heavy (non-hydrogen) atoms. The van der Waals surface area contributed by atoms with Crippen molar-refractivity contribution in [2.75, 3.05) is 6.54 Å². The number of Topliss-reactive ketones (excluding diaryl/α,β-unsaturated/α-hetero) is 1. The molecule has 0 spiro atoms. The number of hydrogen-bond acceptors (Lipinski definition) is 4. The van der Waals surface area contributed by atoms with Gasteiger partial charge in [0.25, 0.3) is 0 Å². The number of ketones is 1. The topological polar surface area (TPSA) is 33.2 Å². The molecule has 2 unspecified atom stereocenters. The largest absolute Gasteiger partial charge is 0.299 e. The summed E-state index contributed by atoms with van der Waals surface area (Å²) in [7, 11) is 0. The number of piperidine rings is 1. The highest BCUT2D eigenvalue weighted by atomic mass is 32.1. The third-order valence-electron chi connectivity index (χ3n) is 4.74. The smallest absolute Gasteiger partial charge is 0.137 e. The van der Waals surface area contributed by atoms with E-state index < -0.39 is 0 Å². The minimum atomic E-state index is 0.296. The summed E-state index contributed by atoms with van der Waals surface area (Å²) in [6.45, 7) is 4.12. The molecule has 3 rings (SSSR count). The molecule has 1 aliphatic heterocycles. The predicted octanol–water partition coefficient (Wildman–Crippen LogP) is 3.57. The van der Waals surface area contributed by atoms with Crippen LogP contribution in [0.5, 0.6) is 0 Å². The van der Waals surface area contributed by atoms with E-state index in [9.17, 15) is 4.79 Å². The van der Waals surface area contributed by atoms with Gasteiger partial charge in [0, 0.05) is 29.5 Å². The zero-order valence-electron chi connectivity index (χ0n) is 12.3. The molecule has 1 aromatic heterocycles. The number of carbonyl (C=O) groups excluding carboxylic acids is 1. The Kier molecular flexibility index (Phi) is 4.51. The highest BCUT2D eigenvalue weighted by Gasteiger charge is 2.35. The Morgan fingerprint density at radius 3 is 2.90 bits per heavy atom. The van der Waals surface area contributed by atoms with E-state index in [-0.39, 0.29) is 0 Å². The number of nitrogens with zero attached hydrogens (tertiary/aromatic N) is 2. The van der Waals surface area contributed by atoms with E-state index >= 15 is 0 Å². The van der Waals surface area contributed by atoms with E-state index in [2.05, 4.69) is 22.2 Å². The van der Waals surface area contributed by atoms with Gasteiger partial charge in [-0.05, 0) is 39.2 Å². The summed E-state index contributed by atoms with van der Waals surface area (Å²) in [5, 5.41) is 3.33. The number of aryl methyl sites for hydroxylation is 1. The Morgan fingerprint density at radius 1 is 1.30 bits per heavy atom. The monoisotopic (exact) mass is 292 g/mol. The molecule has 1 saturated heterocycles. The summed E-state index contributed by atoms with van der Waals surface area (Å²) in [5.74, 6) is 0.813. The summed E-state index contributed by atoms with van der Waals surface area (Å²) < 4.78 is 0. The van der Waals surface area contributed by atoms with Crippen molar-refractivity contribution in [3.63, 3.8) is 0 Å². The Bertz CT molecular complexity index is 471. The summed E-state index contributed by atoms with van der Waals surface area (Å²) in [6, 6.07) is 0.473. The van der Waals surface area contributed by atoms with Crippen LogP contribution < -0.4 is 0 Å². The highest BCUT2D eigenvalue weighted by molar-refractivity contribution is 7.09. The lowest BCUT2D eigenvalue weighted by Crippen LogP contribution is -2.46. The number of aromatic nitrogens is 1. The van der Waals surface area contributed by atoms with Crippen molar-refractivity contribution in [2.45, 2.75) is 64.5 Å². The molecule has 2 aliphatic rings. The van der Waals surface area contributed by atoms with E-state index in [4.69, 9.17) is 0 Å². The first-order valence-electron chi connectivity index (χ1n) is 7.92. The lowest BCUT2D eigenvalue weighted by Gasteiger charge is -2.40. The van der Waals surface area contributed by atoms with E-state index in [1.54, 1.807) is 11.3 Å². The molecular formula is C16H24N2OS. The molecule has 2 heterocycles. The molecule has 110 valence electrons. The standard InChI is InChI=1S/C16H24N2OS/c1-12-11-20-16(17-12)10-18-9-5-4-7-14(18)13-6-2-3-8-15(13)19/h11,13-14H,2-10H2,1H3. The van der Waals surface area contributed by atoms with Gasteiger partial charge in [-0.15, -0.1) is 11.3 Å². The fraction of sp³-hybridized carbons (Fsp3) is 0.750. The number of carbonyl (C=O) groups is 1. The summed E-state index contributed by atoms with van der Waals surface area (Å²) >= 11 is 1.75. The van der Waals surface area contributed by atoms with Crippen LogP contribution in [0.1, 0.15) is 55.6 Å². The molecule has 0 radical (unpaired) electrons. The minimum absolute atomic E-state index is 0.296. The number of thiazole rings is 1. The van der Waals surface area contributed by atoms with Crippen molar-refractivity contribution in [2.24, 2.45) is 5.92 Å². The van der Waals surface area contributed by atoms with Gasteiger partial charge in [0.2, 0.25) is 0 Å². The van der Waals surface area contributed by atoms with E-state index in [0.717, 1.165) is 38.0 Å². The van der Waals surface area contributed by atoms with Gasteiger partial charge in [-0.3, -0.25) is 9.69 Å². The lowest BCUT2D eigenvalue weighted by molar-refractivity contribution is -0.127. The van der Waals surface area contributed by atoms with Crippen molar-refractivity contribution in [3.8, 4) is 0 Å². The van der Waals surface area contributed by atoms with E-state index in [0.29, 0.717) is 17.7 Å². The molecule has 0 N–H and O–H groups in total. The van der Waals surface area contributed by atoms with Gasteiger partial charge >= 0.3 is 0 Å². The fourth-order valence-corrected chi connectivity index (χ4v) is 4.53. The third-order valence-corrected chi connectivity index (χ3v) is 5.69. The predicted molar refractivity (Wildman–Crippen MR) is 81.9 cm³/mol. The first kappa shape index (κ1) is 14.2.